The maximum Gasteiger partial charge on any atom is 0.363 e. The van der Waals surface area contributed by atoms with E-state index < -0.39 is 5.97 Å². The second kappa shape index (κ2) is 6.58. The number of carbonyl (C=O) groups excluding carboxylic acids is 1. The summed E-state index contributed by atoms with van der Waals surface area (Å²) in [6.45, 7) is 1.99. The lowest BCUT2D eigenvalue weighted by Gasteiger charge is -2.07. The van der Waals surface area contributed by atoms with Gasteiger partial charge in [-0.2, -0.15) is 0 Å². The van der Waals surface area contributed by atoms with Gasteiger partial charge in [-0.05, 0) is 37.3 Å². The lowest BCUT2D eigenvalue weighted by molar-refractivity contribution is -0.129. The molecule has 1 heterocycles. The Morgan fingerprint density at radius 3 is 2.46 bits per heavy atom. The third-order valence-corrected chi connectivity index (χ3v) is 3.65. The highest BCUT2D eigenvalue weighted by molar-refractivity contribution is 6.12. The maximum atomic E-state index is 12.1. The van der Waals surface area contributed by atoms with E-state index >= 15 is 0 Å². The Kier molecular flexibility index (Phi) is 4.33. The molecule has 0 radical (unpaired) electrons. The molecule has 0 atom stereocenters. The van der Waals surface area contributed by atoms with Crippen molar-refractivity contribution in [3.63, 3.8) is 0 Å². The Hall–Kier alpha value is -3.08. The van der Waals surface area contributed by atoms with Gasteiger partial charge in [0.25, 0.3) is 0 Å². The second-order valence-electron chi connectivity index (χ2n) is 5.31. The van der Waals surface area contributed by atoms with E-state index in [1.807, 2.05) is 31.2 Å². The van der Waals surface area contributed by atoms with Crippen LogP contribution in [-0.2, 0) is 9.53 Å². The van der Waals surface area contributed by atoms with Crippen LogP contribution in [0.5, 0.6) is 11.5 Å². The van der Waals surface area contributed by atoms with Crippen LogP contribution in [0.3, 0.4) is 0 Å². The Bertz CT molecular complexity index is 835. The lowest BCUT2D eigenvalue weighted by Crippen LogP contribution is -2.05. The minimum Gasteiger partial charge on any atom is -0.497 e. The maximum absolute atomic E-state index is 12.1. The Balaban J connectivity index is 1.95. The molecular weight excluding hydrogens is 306 g/mol. The van der Waals surface area contributed by atoms with Crippen molar-refractivity contribution in [2.45, 2.75) is 6.92 Å². The Labute approximate surface area is 140 Å². The normalized spacial score (nSPS) is 15.2. The number of ether oxygens (including phenoxy) is 3. The quantitative estimate of drug-likeness (QED) is 0.639. The summed E-state index contributed by atoms with van der Waals surface area (Å²) < 4.78 is 15.8. The fourth-order valence-electron chi connectivity index (χ4n) is 2.31. The van der Waals surface area contributed by atoms with Gasteiger partial charge in [-0.3, -0.25) is 0 Å². The van der Waals surface area contributed by atoms with Crippen LogP contribution in [0.15, 0.2) is 53.2 Å². The Morgan fingerprint density at radius 2 is 1.79 bits per heavy atom. The number of nitrogens with zero attached hydrogens (tertiary/aromatic N) is 1. The third kappa shape index (κ3) is 3.15. The average Bonchev–Trinajstić information content (AvgIpc) is 2.96. The number of methoxy groups -OCH3 is 2. The highest BCUT2D eigenvalue weighted by Crippen LogP contribution is 2.28. The molecule has 0 aliphatic carbocycles. The van der Waals surface area contributed by atoms with Crippen LogP contribution in [0.4, 0.5) is 0 Å². The monoisotopic (exact) mass is 323 g/mol. The first-order chi connectivity index (χ1) is 11.6. The molecule has 0 bridgehead atoms. The van der Waals surface area contributed by atoms with Crippen LogP contribution in [0.1, 0.15) is 16.7 Å². The molecule has 0 saturated heterocycles. The smallest absolute Gasteiger partial charge is 0.363 e. The highest BCUT2D eigenvalue weighted by atomic mass is 16.6. The van der Waals surface area contributed by atoms with Crippen molar-refractivity contribution in [3.8, 4) is 11.5 Å². The molecule has 0 fully saturated rings. The lowest BCUT2D eigenvalue weighted by atomic mass is 10.1. The summed E-state index contributed by atoms with van der Waals surface area (Å²) in [4.78, 5) is 16.4. The van der Waals surface area contributed by atoms with Gasteiger partial charge in [0.2, 0.25) is 5.90 Å². The van der Waals surface area contributed by atoms with Crippen molar-refractivity contribution in [2.24, 2.45) is 4.99 Å². The number of hydrogen-bond acceptors (Lipinski definition) is 5. The van der Waals surface area contributed by atoms with Gasteiger partial charge in [0.05, 0.1) is 14.2 Å². The first kappa shape index (κ1) is 15.8. The predicted molar refractivity (Wildman–Crippen MR) is 91.3 cm³/mol. The van der Waals surface area contributed by atoms with E-state index in [9.17, 15) is 4.79 Å². The summed E-state index contributed by atoms with van der Waals surface area (Å²) >= 11 is 0. The summed E-state index contributed by atoms with van der Waals surface area (Å²) in [5.74, 6) is 1.09. The van der Waals surface area contributed by atoms with Crippen LogP contribution >= 0.6 is 0 Å². The number of hydrogen-bond donors (Lipinski definition) is 0. The molecule has 2 aromatic rings. The van der Waals surface area contributed by atoms with Gasteiger partial charge < -0.3 is 14.2 Å². The zero-order valence-corrected chi connectivity index (χ0v) is 13.7. The van der Waals surface area contributed by atoms with Gasteiger partial charge in [0, 0.05) is 17.2 Å². The third-order valence-electron chi connectivity index (χ3n) is 3.65. The topological polar surface area (TPSA) is 57.1 Å². The van der Waals surface area contributed by atoms with E-state index in [4.69, 9.17) is 14.2 Å². The minimum absolute atomic E-state index is 0.231. The molecule has 0 amide bonds. The average molecular weight is 323 g/mol. The second-order valence-corrected chi connectivity index (χ2v) is 5.31. The van der Waals surface area contributed by atoms with Crippen molar-refractivity contribution in [1.29, 1.82) is 0 Å². The molecule has 0 spiro atoms. The number of carbonyl (C=O) groups is 1. The molecule has 0 saturated carbocycles. The van der Waals surface area contributed by atoms with Crippen LogP contribution in [-0.4, -0.2) is 26.1 Å². The van der Waals surface area contributed by atoms with E-state index in [1.165, 1.54) is 0 Å². The molecule has 0 N–H and O–H groups in total. The van der Waals surface area contributed by atoms with E-state index in [0.29, 0.717) is 17.4 Å². The van der Waals surface area contributed by atoms with Crippen LogP contribution in [0, 0.1) is 6.92 Å². The summed E-state index contributed by atoms with van der Waals surface area (Å²) in [5.41, 5.74) is 2.84. The molecule has 24 heavy (non-hydrogen) atoms. The van der Waals surface area contributed by atoms with Crippen molar-refractivity contribution >= 4 is 17.9 Å². The summed E-state index contributed by atoms with van der Waals surface area (Å²) in [5, 5.41) is 0. The van der Waals surface area contributed by atoms with Gasteiger partial charge in [0.1, 0.15) is 11.5 Å². The number of aliphatic imine (C=N–C) groups is 1. The fraction of sp³-hybridized carbons (Fsp3) is 0.158. The molecule has 5 heteroatoms. The zero-order chi connectivity index (χ0) is 17.1. The first-order valence-corrected chi connectivity index (χ1v) is 7.42. The van der Waals surface area contributed by atoms with Crippen molar-refractivity contribution < 1.29 is 19.0 Å². The number of cyclic esters (lactones) is 1. The molecule has 122 valence electrons. The van der Waals surface area contributed by atoms with Crippen molar-refractivity contribution in [3.05, 3.63) is 64.9 Å². The molecular formula is C19H17NO4. The fourth-order valence-corrected chi connectivity index (χ4v) is 2.31. The summed E-state index contributed by atoms with van der Waals surface area (Å²) in [6.07, 6.45) is 1.64. The van der Waals surface area contributed by atoms with Crippen LogP contribution < -0.4 is 9.47 Å². The number of esters is 1. The standard InChI is InChI=1S/C19H17NO4/c1-12-4-6-13(7-5-12)18-20-16(19(21)24-18)10-14-8-9-15(22-2)11-17(14)23-3/h4-11H,1-3H3. The number of benzene rings is 2. The summed E-state index contributed by atoms with van der Waals surface area (Å²) in [6, 6.07) is 13.0. The van der Waals surface area contributed by atoms with Gasteiger partial charge in [-0.15, -0.1) is 0 Å². The molecule has 0 aromatic heterocycles. The molecule has 1 aliphatic heterocycles. The number of aryl methyl sites for hydroxylation is 1. The largest absolute Gasteiger partial charge is 0.497 e. The predicted octanol–water partition coefficient (Wildman–Crippen LogP) is 3.36. The molecule has 5 nitrogen and oxygen atoms in total. The zero-order valence-electron chi connectivity index (χ0n) is 13.7. The van der Waals surface area contributed by atoms with E-state index in [-0.39, 0.29) is 5.70 Å². The van der Waals surface area contributed by atoms with Gasteiger partial charge in [0.15, 0.2) is 5.70 Å². The Morgan fingerprint density at radius 1 is 1.04 bits per heavy atom. The molecule has 0 unspecified atom stereocenters. The minimum atomic E-state index is -0.483. The number of rotatable bonds is 4. The SMILES string of the molecule is COc1ccc(C=C2N=C(c3ccc(C)cc3)OC2=O)c(OC)c1. The van der Waals surface area contributed by atoms with E-state index in [0.717, 1.165) is 16.7 Å². The van der Waals surface area contributed by atoms with Gasteiger partial charge >= 0.3 is 5.97 Å². The molecule has 2 aromatic carbocycles. The first-order valence-electron chi connectivity index (χ1n) is 7.42. The van der Waals surface area contributed by atoms with E-state index in [2.05, 4.69) is 4.99 Å². The highest BCUT2D eigenvalue weighted by Gasteiger charge is 2.24. The van der Waals surface area contributed by atoms with Gasteiger partial charge in [-0.25, -0.2) is 9.79 Å². The van der Waals surface area contributed by atoms with Crippen LogP contribution in [0.2, 0.25) is 0 Å². The van der Waals surface area contributed by atoms with Crippen molar-refractivity contribution in [2.75, 3.05) is 14.2 Å². The van der Waals surface area contributed by atoms with Crippen LogP contribution in [0.25, 0.3) is 6.08 Å². The summed E-state index contributed by atoms with van der Waals surface area (Å²) in [7, 11) is 3.14. The van der Waals surface area contributed by atoms with Crippen molar-refractivity contribution in [1.82, 2.24) is 0 Å². The van der Waals surface area contributed by atoms with E-state index in [1.54, 1.807) is 38.5 Å². The van der Waals surface area contributed by atoms with Gasteiger partial charge in [-0.1, -0.05) is 17.7 Å². The molecule has 3 rings (SSSR count). The molecule has 1 aliphatic rings.